The third kappa shape index (κ3) is 2.46. The van der Waals surface area contributed by atoms with E-state index in [-0.39, 0.29) is 0 Å². The molecule has 0 aliphatic heterocycles. The molecule has 1 aromatic carbocycles. The zero-order chi connectivity index (χ0) is 10.6. The predicted molar refractivity (Wildman–Crippen MR) is 63.9 cm³/mol. The highest BCUT2D eigenvalue weighted by atomic mass is 15.0. The van der Waals surface area contributed by atoms with Crippen LogP contribution in [0.15, 0.2) is 29.8 Å². The van der Waals surface area contributed by atoms with Crippen molar-refractivity contribution in [1.29, 1.82) is 0 Å². The molecule has 0 aliphatic carbocycles. The average molecular weight is 188 g/mol. The molecule has 0 atom stereocenters. The Balaban J connectivity index is 3.02. The highest BCUT2D eigenvalue weighted by Gasteiger charge is 1.99. The van der Waals surface area contributed by atoms with Crippen molar-refractivity contribution in [2.75, 3.05) is 12.4 Å². The van der Waals surface area contributed by atoms with Crippen LogP contribution < -0.4 is 5.32 Å². The van der Waals surface area contributed by atoms with E-state index in [1.165, 1.54) is 5.56 Å². The summed E-state index contributed by atoms with van der Waals surface area (Å²) in [6, 6.07) is 6.21. The fraction of sp³-hybridized carbons (Fsp3) is 0.250. The third-order valence-electron chi connectivity index (χ3n) is 2.08. The molecule has 1 aromatic rings. The van der Waals surface area contributed by atoms with Crippen LogP contribution in [0.5, 0.6) is 0 Å². The van der Waals surface area contributed by atoms with Crippen LogP contribution in [0.4, 0.5) is 5.69 Å². The van der Waals surface area contributed by atoms with Crippen LogP contribution in [-0.2, 0) is 0 Å². The number of aryl methyl sites for hydroxylation is 1. The Kier molecular flexibility index (Phi) is 3.46. The van der Waals surface area contributed by atoms with Gasteiger partial charge in [-0.1, -0.05) is 24.3 Å². The van der Waals surface area contributed by atoms with E-state index in [1.54, 1.807) is 7.05 Å². The molecule has 0 bridgehead atoms. The van der Waals surface area contributed by atoms with Gasteiger partial charge >= 0.3 is 0 Å². The Hall–Kier alpha value is -1.57. The maximum Gasteiger partial charge on any atom is 0.0972 e. The summed E-state index contributed by atoms with van der Waals surface area (Å²) >= 11 is 0. The van der Waals surface area contributed by atoms with Crippen LogP contribution in [0.1, 0.15) is 18.1 Å². The van der Waals surface area contributed by atoms with Crippen molar-refractivity contribution < 1.29 is 0 Å². The summed E-state index contributed by atoms with van der Waals surface area (Å²) in [5.41, 5.74) is 3.39. The lowest BCUT2D eigenvalue weighted by molar-refractivity contribution is 1.39. The van der Waals surface area contributed by atoms with Gasteiger partial charge in [0.2, 0.25) is 0 Å². The van der Waals surface area contributed by atoms with Crippen molar-refractivity contribution in [3.05, 3.63) is 35.9 Å². The van der Waals surface area contributed by atoms with E-state index < -0.39 is 0 Å². The summed E-state index contributed by atoms with van der Waals surface area (Å²) in [5, 5.41) is 3.22. The van der Waals surface area contributed by atoms with Crippen molar-refractivity contribution in [2.24, 2.45) is 4.99 Å². The fourth-order valence-electron chi connectivity index (χ4n) is 1.22. The van der Waals surface area contributed by atoms with Crippen LogP contribution in [0.3, 0.4) is 0 Å². The number of rotatable bonds is 2. The maximum atomic E-state index is 4.05. The van der Waals surface area contributed by atoms with Gasteiger partial charge in [0.15, 0.2) is 0 Å². The van der Waals surface area contributed by atoms with Crippen LogP contribution in [-0.4, -0.2) is 12.9 Å². The van der Waals surface area contributed by atoms with Crippen LogP contribution in [0.25, 0.3) is 6.08 Å². The number of benzene rings is 1. The van der Waals surface area contributed by atoms with Gasteiger partial charge in [-0.2, -0.15) is 0 Å². The van der Waals surface area contributed by atoms with Gasteiger partial charge in [0.25, 0.3) is 0 Å². The van der Waals surface area contributed by atoms with E-state index in [1.807, 2.05) is 19.1 Å². The second-order valence-electron chi connectivity index (χ2n) is 3.23. The molecule has 0 spiro atoms. The quantitative estimate of drug-likeness (QED) is 0.559. The first-order valence-electron chi connectivity index (χ1n) is 4.61. The van der Waals surface area contributed by atoms with Crippen molar-refractivity contribution in [1.82, 2.24) is 0 Å². The van der Waals surface area contributed by atoms with Crippen molar-refractivity contribution in [2.45, 2.75) is 13.8 Å². The predicted octanol–water partition coefficient (Wildman–Crippen LogP) is 3.10. The lowest BCUT2D eigenvalue weighted by Gasteiger charge is -2.09. The summed E-state index contributed by atoms with van der Waals surface area (Å²) in [6.45, 7) is 7.79. The van der Waals surface area contributed by atoms with Gasteiger partial charge in [-0.25, -0.2) is 0 Å². The van der Waals surface area contributed by atoms with E-state index in [0.717, 1.165) is 17.1 Å². The van der Waals surface area contributed by atoms with Crippen molar-refractivity contribution >= 4 is 17.6 Å². The SMILES string of the molecule is C=Cc1cc(C)ccc1NC(C)=NC. The normalized spacial score (nSPS) is 11.2. The molecule has 74 valence electrons. The highest BCUT2D eigenvalue weighted by molar-refractivity contribution is 5.95. The molecule has 0 unspecified atom stereocenters. The number of nitrogens with one attached hydrogen (secondary N) is 1. The number of anilines is 1. The number of aliphatic imine (C=N–C) groups is 1. The van der Waals surface area contributed by atoms with Crippen LogP contribution in [0.2, 0.25) is 0 Å². The minimum absolute atomic E-state index is 0.900. The first kappa shape index (κ1) is 10.5. The molecular formula is C12H16N2. The van der Waals surface area contributed by atoms with Crippen LogP contribution >= 0.6 is 0 Å². The molecule has 0 radical (unpaired) electrons. The summed E-state index contributed by atoms with van der Waals surface area (Å²) in [5.74, 6) is 0.900. The van der Waals surface area contributed by atoms with Crippen molar-refractivity contribution in [3.63, 3.8) is 0 Å². The van der Waals surface area contributed by atoms with Gasteiger partial charge < -0.3 is 5.32 Å². The standard InChI is InChI=1S/C12H16N2/c1-5-11-8-9(2)6-7-12(11)14-10(3)13-4/h5-8H,1H2,2-4H3,(H,13,14). The number of hydrogen-bond acceptors (Lipinski definition) is 1. The molecule has 0 heterocycles. The molecule has 1 N–H and O–H groups in total. The summed E-state index contributed by atoms with van der Waals surface area (Å²) in [4.78, 5) is 4.05. The number of nitrogens with zero attached hydrogens (tertiary/aromatic N) is 1. The Morgan fingerprint density at radius 1 is 1.50 bits per heavy atom. The van der Waals surface area contributed by atoms with Gasteiger partial charge in [-0.05, 0) is 31.5 Å². The van der Waals surface area contributed by atoms with Gasteiger partial charge in [0.05, 0.1) is 5.84 Å². The Morgan fingerprint density at radius 2 is 2.21 bits per heavy atom. The molecular weight excluding hydrogens is 172 g/mol. The molecule has 0 fully saturated rings. The van der Waals surface area contributed by atoms with E-state index in [0.29, 0.717) is 0 Å². The third-order valence-corrected chi connectivity index (χ3v) is 2.08. The lowest BCUT2D eigenvalue weighted by Crippen LogP contribution is -2.07. The average Bonchev–Trinajstić information content (AvgIpc) is 2.20. The van der Waals surface area contributed by atoms with E-state index >= 15 is 0 Å². The molecule has 0 saturated carbocycles. The van der Waals surface area contributed by atoms with Gasteiger partial charge in [0, 0.05) is 12.7 Å². The van der Waals surface area contributed by atoms with Gasteiger partial charge in [0.1, 0.15) is 0 Å². The number of amidine groups is 1. The molecule has 2 heteroatoms. The van der Waals surface area contributed by atoms with E-state index in [9.17, 15) is 0 Å². The Bertz CT molecular complexity index is 365. The zero-order valence-electron chi connectivity index (χ0n) is 8.96. The topological polar surface area (TPSA) is 24.4 Å². The molecule has 0 aromatic heterocycles. The zero-order valence-corrected chi connectivity index (χ0v) is 8.96. The monoisotopic (exact) mass is 188 g/mol. The van der Waals surface area contributed by atoms with E-state index in [2.05, 4.69) is 35.9 Å². The van der Waals surface area contributed by atoms with Crippen molar-refractivity contribution in [3.8, 4) is 0 Å². The highest BCUT2D eigenvalue weighted by Crippen LogP contribution is 2.18. The second kappa shape index (κ2) is 4.61. The summed E-state index contributed by atoms with van der Waals surface area (Å²) < 4.78 is 0. The number of hydrogen-bond donors (Lipinski definition) is 1. The lowest BCUT2D eigenvalue weighted by atomic mass is 10.1. The smallest absolute Gasteiger partial charge is 0.0972 e. The van der Waals surface area contributed by atoms with Crippen LogP contribution in [0, 0.1) is 6.92 Å². The van der Waals surface area contributed by atoms with Gasteiger partial charge in [-0.3, -0.25) is 4.99 Å². The molecule has 2 nitrogen and oxygen atoms in total. The molecule has 0 aliphatic rings. The molecule has 0 amide bonds. The Labute approximate surface area is 85.4 Å². The first-order valence-corrected chi connectivity index (χ1v) is 4.61. The summed E-state index contributed by atoms with van der Waals surface area (Å²) in [7, 11) is 1.77. The second-order valence-corrected chi connectivity index (χ2v) is 3.23. The molecule has 14 heavy (non-hydrogen) atoms. The molecule has 1 rings (SSSR count). The minimum atomic E-state index is 0.900. The maximum absolute atomic E-state index is 4.05. The fourth-order valence-corrected chi connectivity index (χ4v) is 1.22. The molecule has 0 saturated heterocycles. The first-order chi connectivity index (χ1) is 6.67. The minimum Gasteiger partial charge on any atom is -0.344 e. The van der Waals surface area contributed by atoms with E-state index in [4.69, 9.17) is 0 Å². The summed E-state index contributed by atoms with van der Waals surface area (Å²) in [6.07, 6.45) is 1.85. The van der Waals surface area contributed by atoms with Gasteiger partial charge in [-0.15, -0.1) is 0 Å². The Morgan fingerprint density at radius 3 is 2.79 bits per heavy atom. The largest absolute Gasteiger partial charge is 0.344 e.